The molecule has 0 heterocycles. The molecule has 14 heavy (non-hydrogen) atoms. The highest BCUT2D eigenvalue weighted by molar-refractivity contribution is 5.35. The van der Waals surface area contributed by atoms with Crippen LogP contribution in [-0.2, 0) is 0 Å². The van der Waals surface area contributed by atoms with Gasteiger partial charge in [0.15, 0.2) is 0 Å². The first-order chi connectivity index (χ1) is 6.70. The Balaban J connectivity index is 2.93. The second-order valence-corrected chi connectivity index (χ2v) is 3.26. The summed E-state index contributed by atoms with van der Waals surface area (Å²) in [5.41, 5.74) is 6.52. The third-order valence-electron chi connectivity index (χ3n) is 2.33. The fourth-order valence-corrected chi connectivity index (χ4v) is 1.36. The quantitative estimate of drug-likeness (QED) is 0.764. The maximum atomic E-state index is 9.90. The summed E-state index contributed by atoms with van der Waals surface area (Å²) in [4.78, 5) is 0. The monoisotopic (exact) mass is 195 g/mol. The number of rotatable bonds is 4. The predicted molar refractivity (Wildman–Crippen MR) is 56.2 cm³/mol. The van der Waals surface area contributed by atoms with Crippen LogP contribution in [0.1, 0.15) is 25.0 Å². The molecule has 0 aliphatic rings. The second-order valence-electron chi connectivity index (χ2n) is 3.26. The molecule has 0 aliphatic carbocycles. The molecule has 0 aromatic heterocycles. The molecule has 3 nitrogen and oxygen atoms in total. The Bertz CT molecular complexity index is 288. The van der Waals surface area contributed by atoms with E-state index in [0.29, 0.717) is 5.75 Å². The van der Waals surface area contributed by atoms with Crippen LogP contribution in [0.3, 0.4) is 0 Å². The Morgan fingerprint density at radius 3 is 2.64 bits per heavy atom. The summed E-state index contributed by atoms with van der Waals surface area (Å²) < 4.78 is 5.15. The first-order valence-electron chi connectivity index (χ1n) is 4.77. The van der Waals surface area contributed by atoms with Gasteiger partial charge in [-0.1, -0.05) is 25.1 Å². The highest BCUT2D eigenvalue weighted by Crippen LogP contribution is 2.26. The lowest BCUT2D eigenvalue weighted by atomic mass is 10.0. The number of hydrogen-bond donors (Lipinski definition) is 2. The molecule has 0 aliphatic heterocycles. The van der Waals surface area contributed by atoms with Gasteiger partial charge in [0.2, 0.25) is 0 Å². The second kappa shape index (κ2) is 4.98. The summed E-state index contributed by atoms with van der Waals surface area (Å²) in [6.07, 6.45) is 0.0790. The van der Waals surface area contributed by atoms with Crippen LogP contribution >= 0.6 is 0 Å². The van der Waals surface area contributed by atoms with Gasteiger partial charge in [-0.25, -0.2) is 0 Å². The summed E-state index contributed by atoms with van der Waals surface area (Å²) in [6, 6.07) is 7.14. The number of methoxy groups -OCH3 is 1. The minimum absolute atomic E-state index is 0.244. The minimum atomic E-state index is -0.656. The van der Waals surface area contributed by atoms with Gasteiger partial charge < -0.3 is 15.6 Å². The van der Waals surface area contributed by atoms with Crippen molar-refractivity contribution in [2.75, 3.05) is 7.11 Å². The van der Waals surface area contributed by atoms with Crippen molar-refractivity contribution in [3.8, 4) is 5.75 Å². The maximum Gasteiger partial charge on any atom is 0.124 e. The van der Waals surface area contributed by atoms with Crippen molar-refractivity contribution >= 4 is 0 Å². The fourth-order valence-electron chi connectivity index (χ4n) is 1.36. The van der Waals surface area contributed by atoms with Crippen molar-refractivity contribution in [2.24, 2.45) is 5.73 Å². The van der Waals surface area contributed by atoms with Crippen LogP contribution in [0.5, 0.6) is 5.75 Å². The predicted octanol–water partition coefficient (Wildman–Crippen LogP) is 1.47. The zero-order chi connectivity index (χ0) is 10.6. The Hall–Kier alpha value is -1.06. The molecule has 3 heteroatoms. The van der Waals surface area contributed by atoms with E-state index in [9.17, 15) is 5.11 Å². The molecule has 1 aromatic rings. The van der Waals surface area contributed by atoms with E-state index in [1.807, 2.05) is 31.2 Å². The SMILES string of the molecule is CCC(N)C(O)c1ccccc1OC. The van der Waals surface area contributed by atoms with Crippen LogP contribution in [0.4, 0.5) is 0 Å². The largest absolute Gasteiger partial charge is 0.496 e. The van der Waals surface area contributed by atoms with E-state index in [1.54, 1.807) is 7.11 Å². The van der Waals surface area contributed by atoms with Crippen molar-refractivity contribution in [2.45, 2.75) is 25.5 Å². The molecule has 0 fully saturated rings. The van der Waals surface area contributed by atoms with Gasteiger partial charge in [-0.3, -0.25) is 0 Å². The molecule has 78 valence electrons. The van der Waals surface area contributed by atoms with Gasteiger partial charge in [0.05, 0.1) is 13.2 Å². The summed E-state index contributed by atoms with van der Waals surface area (Å²) in [5.74, 6) is 0.684. The molecule has 3 N–H and O–H groups in total. The summed E-state index contributed by atoms with van der Waals surface area (Å²) in [5, 5.41) is 9.90. The zero-order valence-electron chi connectivity index (χ0n) is 8.60. The van der Waals surface area contributed by atoms with Crippen molar-refractivity contribution in [1.29, 1.82) is 0 Å². The molecular formula is C11H17NO2. The zero-order valence-corrected chi connectivity index (χ0v) is 8.60. The fraction of sp³-hybridized carbons (Fsp3) is 0.455. The van der Waals surface area contributed by atoms with Crippen LogP contribution in [0, 0.1) is 0 Å². The van der Waals surface area contributed by atoms with Crippen molar-refractivity contribution in [3.63, 3.8) is 0 Å². The molecule has 0 bridgehead atoms. The van der Waals surface area contributed by atoms with Crippen molar-refractivity contribution < 1.29 is 9.84 Å². The summed E-state index contributed by atoms with van der Waals surface area (Å²) in [7, 11) is 1.59. The molecule has 0 saturated carbocycles. The number of para-hydroxylation sites is 1. The lowest BCUT2D eigenvalue weighted by Crippen LogP contribution is -2.27. The highest BCUT2D eigenvalue weighted by Gasteiger charge is 2.18. The number of nitrogens with two attached hydrogens (primary N) is 1. The average molecular weight is 195 g/mol. The number of benzene rings is 1. The molecule has 0 saturated heterocycles. The lowest BCUT2D eigenvalue weighted by Gasteiger charge is -2.19. The average Bonchev–Trinajstić information content (AvgIpc) is 2.26. The van der Waals surface area contributed by atoms with E-state index in [4.69, 9.17) is 10.5 Å². The number of aliphatic hydroxyl groups is 1. The van der Waals surface area contributed by atoms with Crippen molar-refractivity contribution in [3.05, 3.63) is 29.8 Å². The highest BCUT2D eigenvalue weighted by atomic mass is 16.5. The number of ether oxygens (including phenoxy) is 1. The first kappa shape index (κ1) is 11.0. The molecule has 0 amide bonds. The van der Waals surface area contributed by atoms with Gasteiger partial charge in [0.25, 0.3) is 0 Å². The molecule has 2 atom stereocenters. The first-order valence-corrected chi connectivity index (χ1v) is 4.77. The number of aliphatic hydroxyl groups excluding tert-OH is 1. The standard InChI is InChI=1S/C11H17NO2/c1-3-9(12)11(13)8-6-4-5-7-10(8)14-2/h4-7,9,11,13H,3,12H2,1-2H3. The van der Waals surface area contributed by atoms with Crippen molar-refractivity contribution in [1.82, 2.24) is 0 Å². The van der Waals surface area contributed by atoms with Crippen LogP contribution in [0.25, 0.3) is 0 Å². The Kier molecular flexibility index (Phi) is 3.92. The minimum Gasteiger partial charge on any atom is -0.496 e. The van der Waals surface area contributed by atoms with Gasteiger partial charge in [0.1, 0.15) is 5.75 Å². The van der Waals surface area contributed by atoms with Gasteiger partial charge in [-0.05, 0) is 12.5 Å². The molecule has 0 radical (unpaired) electrons. The summed E-state index contributed by atoms with van der Waals surface area (Å²) in [6.45, 7) is 1.95. The molecule has 1 aromatic carbocycles. The van der Waals surface area contributed by atoms with E-state index in [0.717, 1.165) is 12.0 Å². The normalized spacial score (nSPS) is 14.9. The lowest BCUT2D eigenvalue weighted by molar-refractivity contribution is 0.141. The van der Waals surface area contributed by atoms with E-state index in [1.165, 1.54) is 0 Å². The van der Waals surface area contributed by atoms with E-state index in [2.05, 4.69) is 0 Å². The van der Waals surface area contributed by atoms with E-state index < -0.39 is 6.10 Å². The summed E-state index contributed by atoms with van der Waals surface area (Å²) >= 11 is 0. The van der Waals surface area contributed by atoms with Gasteiger partial charge >= 0.3 is 0 Å². The van der Waals surface area contributed by atoms with Crippen LogP contribution < -0.4 is 10.5 Å². The van der Waals surface area contributed by atoms with Gasteiger partial charge in [-0.15, -0.1) is 0 Å². The molecule has 1 rings (SSSR count). The van der Waals surface area contributed by atoms with Crippen LogP contribution in [0.2, 0.25) is 0 Å². The smallest absolute Gasteiger partial charge is 0.124 e. The van der Waals surface area contributed by atoms with Crippen LogP contribution in [-0.4, -0.2) is 18.3 Å². The van der Waals surface area contributed by atoms with Gasteiger partial charge in [0, 0.05) is 11.6 Å². The van der Waals surface area contributed by atoms with E-state index in [-0.39, 0.29) is 6.04 Å². The third kappa shape index (κ3) is 2.25. The molecule has 0 spiro atoms. The number of hydrogen-bond acceptors (Lipinski definition) is 3. The van der Waals surface area contributed by atoms with Crippen LogP contribution in [0.15, 0.2) is 24.3 Å². The third-order valence-corrected chi connectivity index (χ3v) is 2.33. The van der Waals surface area contributed by atoms with E-state index >= 15 is 0 Å². The van der Waals surface area contributed by atoms with Gasteiger partial charge in [-0.2, -0.15) is 0 Å². The topological polar surface area (TPSA) is 55.5 Å². The molecule has 2 unspecified atom stereocenters. The Morgan fingerprint density at radius 2 is 2.07 bits per heavy atom. The Labute approximate surface area is 84.5 Å². The molecular weight excluding hydrogens is 178 g/mol. The Morgan fingerprint density at radius 1 is 1.43 bits per heavy atom. The maximum absolute atomic E-state index is 9.90.